The van der Waals surface area contributed by atoms with Crippen molar-refractivity contribution in [1.82, 2.24) is 9.97 Å². The molecule has 0 aliphatic carbocycles. The maximum Gasteiger partial charge on any atom is 0.225 e. The summed E-state index contributed by atoms with van der Waals surface area (Å²) < 4.78 is 0. The Morgan fingerprint density at radius 2 is 1.57 bits per heavy atom. The molecular formula is C17H19N3O. The molecule has 0 bridgehead atoms. The zero-order valence-electron chi connectivity index (χ0n) is 11.9. The molecule has 1 N–H and O–H groups in total. The van der Waals surface area contributed by atoms with Crippen LogP contribution in [0.5, 0.6) is 0 Å². The second kappa shape index (κ2) is 6.50. The standard InChI is InChI=1S/C17H19N3O/c21-16-8-10-20(11-9-16)17-18-12-15(13-19-17)7-6-14-4-2-1-3-5-14/h1-7,12-13,16,21H,8-11H2/b7-6+. The summed E-state index contributed by atoms with van der Waals surface area (Å²) in [6, 6.07) is 10.2. The Morgan fingerprint density at radius 1 is 0.952 bits per heavy atom. The van der Waals surface area contributed by atoms with Crippen LogP contribution in [0, 0.1) is 0 Å². The SMILES string of the molecule is OC1CCN(c2ncc(/C=C/c3ccccc3)cn2)CC1. The van der Waals surface area contributed by atoms with Gasteiger partial charge in [0.05, 0.1) is 6.10 Å². The number of piperidine rings is 1. The number of hydrogen-bond acceptors (Lipinski definition) is 4. The topological polar surface area (TPSA) is 49.2 Å². The average molecular weight is 281 g/mol. The van der Waals surface area contributed by atoms with Gasteiger partial charge >= 0.3 is 0 Å². The maximum absolute atomic E-state index is 9.52. The van der Waals surface area contributed by atoms with Crippen molar-refractivity contribution in [3.05, 3.63) is 53.9 Å². The Morgan fingerprint density at radius 3 is 2.24 bits per heavy atom. The van der Waals surface area contributed by atoms with Crippen molar-refractivity contribution in [2.45, 2.75) is 18.9 Å². The summed E-state index contributed by atoms with van der Waals surface area (Å²) in [4.78, 5) is 11.0. The highest BCUT2D eigenvalue weighted by Gasteiger charge is 2.18. The van der Waals surface area contributed by atoms with Crippen LogP contribution in [0.25, 0.3) is 12.2 Å². The normalized spacial score (nSPS) is 16.5. The summed E-state index contributed by atoms with van der Waals surface area (Å²) in [6.45, 7) is 1.64. The van der Waals surface area contributed by atoms with E-state index in [0.717, 1.165) is 43.0 Å². The van der Waals surface area contributed by atoms with Gasteiger partial charge in [0, 0.05) is 31.0 Å². The summed E-state index contributed by atoms with van der Waals surface area (Å²) in [5.74, 6) is 0.749. The molecule has 0 atom stereocenters. The maximum atomic E-state index is 9.52. The van der Waals surface area contributed by atoms with Gasteiger partial charge < -0.3 is 10.0 Å². The second-order valence-electron chi connectivity index (χ2n) is 5.28. The summed E-state index contributed by atoms with van der Waals surface area (Å²) >= 11 is 0. The third-order valence-corrected chi connectivity index (χ3v) is 3.67. The molecule has 0 radical (unpaired) electrons. The van der Waals surface area contributed by atoms with Crippen LogP contribution < -0.4 is 4.90 Å². The van der Waals surface area contributed by atoms with Crippen LogP contribution in [-0.4, -0.2) is 34.3 Å². The molecule has 3 rings (SSSR count). The van der Waals surface area contributed by atoms with Crippen LogP contribution in [0.1, 0.15) is 24.0 Å². The fourth-order valence-electron chi connectivity index (χ4n) is 2.40. The van der Waals surface area contributed by atoms with Gasteiger partial charge in [0.1, 0.15) is 0 Å². The molecular weight excluding hydrogens is 262 g/mol. The Hall–Kier alpha value is -2.20. The lowest BCUT2D eigenvalue weighted by molar-refractivity contribution is 0.145. The number of aliphatic hydroxyl groups is 1. The number of aromatic nitrogens is 2. The van der Waals surface area contributed by atoms with Crippen molar-refractivity contribution in [1.29, 1.82) is 0 Å². The molecule has 1 aliphatic heterocycles. The van der Waals surface area contributed by atoms with Crippen molar-refractivity contribution in [2.75, 3.05) is 18.0 Å². The molecule has 21 heavy (non-hydrogen) atoms. The minimum Gasteiger partial charge on any atom is -0.393 e. The smallest absolute Gasteiger partial charge is 0.225 e. The van der Waals surface area contributed by atoms with Gasteiger partial charge in [-0.15, -0.1) is 0 Å². The van der Waals surface area contributed by atoms with Crippen molar-refractivity contribution in [3.63, 3.8) is 0 Å². The highest BCUT2D eigenvalue weighted by molar-refractivity contribution is 5.68. The molecule has 1 aliphatic rings. The number of hydrogen-bond donors (Lipinski definition) is 1. The van der Waals surface area contributed by atoms with Gasteiger partial charge in [-0.1, -0.05) is 42.5 Å². The minimum atomic E-state index is -0.172. The average Bonchev–Trinajstić information content (AvgIpc) is 2.55. The molecule has 0 spiro atoms. The number of anilines is 1. The molecule has 0 saturated carbocycles. The molecule has 4 heteroatoms. The lowest BCUT2D eigenvalue weighted by Crippen LogP contribution is -2.36. The van der Waals surface area contributed by atoms with Crippen LogP contribution in [0.3, 0.4) is 0 Å². The van der Waals surface area contributed by atoms with E-state index in [2.05, 4.69) is 33.1 Å². The number of nitrogens with zero attached hydrogens (tertiary/aromatic N) is 3. The molecule has 0 unspecified atom stereocenters. The first-order chi connectivity index (χ1) is 10.3. The van der Waals surface area contributed by atoms with Crippen LogP contribution in [0.15, 0.2) is 42.7 Å². The lowest BCUT2D eigenvalue weighted by Gasteiger charge is -2.29. The van der Waals surface area contributed by atoms with Gasteiger partial charge in [0.15, 0.2) is 0 Å². The number of rotatable bonds is 3. The van der Waals surface area contributed by atoms with Gasteiger partial charge in [-0.05, 0) is 18.4 Å². The van der Waals surface area contributed by atoms with E-state index in [9.17, 15) is 5.11 Å². The fraction of sp³-hybridized carbons (Fsp3) is 0.294. The van der Waals surface area contributed by atoms with Crippen molar-refractivity contribution < 1.29 is 5.11 Å². The van der Waals surface area contributed by atoms with E-state index in [1.807, 2.05) is 36.7 Å². The molecule has 1 fully saturated rings. The molecule has 1 aromatic heterocycles. The van der Waals surface area contributed by atoms with Crippen LogP contribution in [-0.2, 0) is 0 Å². The van der Waals surface area contributed by atoms with Gasteiger partial charge in [0.25, 0.3) is 0 Å². The molecule has 4 nitrogen and oxygen atoms in total. The van der Waals surface area contributed by atoms with E-state index in [1.165, 1.54) is 0 Å². The van der Waals surface area contributed by atoms with E-state index in [-0.39, 0.29) is 6.10 Å². The first kappa shape index (κ1) is 13.8. The van der Waals surface area contributed by atoms with E-state index < -0.39 is 0 Å². The van der Waals surface area contributed by atoms with Gasteiger partial charge in [-0.3, -0.25) is 0 Å². The Bertz CT molecular complexity index is 587. The monoisotopic (exact) mass is 281 g/mol. The summed E-state index contributed by atoms with van der Waals surface area (Å²) in [5.41, 5.74) is 2.14. The Labute approximate surface area is 124 Å². The highest BCUT2D eigenvalue weighted by Crippen LogP contribution is 2.16. The predicted octanol–water partition coefficient (Wildman–Crippen LogP) is 2.61. The largest absolute Gasteiger partial charge is 0.393 e. The second-order valence-corrected chi connectivity index (χ2v) is 5.28. The molecule has 2 aromatic rings. The van der Waals surface area contributed by atoms with E-state index in [1.54, 1.807) is 0 Å². The number of benzene rings is 1. The molecule has 2 heterocycles. The first-order valence-corrected chi connectivity index (χ1v) is 7.29. The summed E-state index contributed by atoms with van der Waals surface area (Å²) in [6.07, 6.45) is 9.15. The van der Waals surface area contributed by atoms with Crippen LogP contribution in [0.4, 0.5) is 5.95 Å². The van der Waals surface area contributed by atoms with Crippen molar-refractivity contribution >= 4 is 18.1 Å². The Balaban J connectivity index is 1.65. The van der Waals surface area contributed by atoms with Gasteiger partial charge in [-0.2, -0.15) is 0 Å². The third-order valence-electron chi connectivity index (χ3n) is 3.67. The van der Waals surface area contributed by atoms with E-state index in [4.69, 9.17) is 0 Å². The Kier molecular flexibility index (Phi) is 4.26. The fourth-order valence-corrected chi connectivity index (χ4v) is 2.40. The zero-order chi connectivity index (χ0) is 14.5. The van der Waals surface area contributed by atoms with Crippen LogP contribution in [0.2, 0.25) is 0 Å². The minimum absolute atomic E-state index is 0.172. The molecule has 1 saturated heterocycles. The molecule has 0 amide bonds. The third kappa shape index (κ3) is 3.67. The zero-order valence-corrected chi connectivity index (χ0v) is 11.9. The number of aliphatic hydroxyl groups excluding tert-OH is 1. The van der Waals surface area contributed by atoms with E-state index in [0.29, 0.717) is 0 Å². The summed E-state index contributed by atoms with van der Waals surface area (Å²) in [5, 5.41) is 9.52. The van der Waals surface area contributed by atoms with Crippen molar-refractivity contribution in [3.8, 4) is 0 Å². The van der Waals surface area contributed by atoms with Gasteiger partial charge in [-0.25, -0.2) is 9.97 Å². The molecule has 108 valence electrons. The van der Waals surface area contributed by atoms with Gasteiger partial charge in [0.2, 0.25) is 5.95 Å². The first-order valence-electron chi connectivity index (χ1n) is 7.29. The highest BCUT2D eigenvalue weighted by atomic mass is 16.3. The van der Waals surface area contributed by atoms with Crippen molar-refractivity contribution in [2.24, 2.45) is 0 Å². The molecule has 1 aromatic carbocycles. The summed E-state index contributed by atoms with van der Waals surface area (Å²) in [7, 11) is 0. The lowest BCUT2D eigenvalue weighted by atomic mass is 10.1. The van der Waals surface area contributed by atoms with E-state index >= 15 is 0 Å². The quantitative estimate of drug-likeness (QED) is 0.939. The predicted molar refractivity (Wildman–Crippen MR) is 84.9 cm³/mol. The van der Waals surface area contributed by atoms with Crippen LogP contribution >= 0.6 is 0 Å².